The molecule has 0 amide bonds. The van der Waals surface area contributed by atoms with Crippen molar-refractivity contribution >= 4 is 22.6 Å². The standard InChI is InChI=1S/C10H9F3IN3/c1-6-3-4-7(2)16(6)9-5-8(14)17(15-9)10(11,12)13/h3-5H,1-2H3. The van der Waals surface area contributed by atoms with Gasteiger partial charge in [0.2, 0.25) is 0 Å². The minimum Gasteiger partial charge on any atom is -0.302 e. The molecular weight excluding hydrogens is 346 g/mol. The van der Waals surface area contributed by atoms with Crippen LogP contribution in [-0.2, 0) is 6.30 Å². The Bertz CT molecular complexity index is 534. The third-order valence-corrected chi connectivity index (χ3v) is 3.16. The maximum absolute atomic E-state index is 12.6. The summed E-state index contributed by atoms with van der Waals surface area (Å²) in [5.74, 6) is 0.284. The van der Waals surface area contributed by atoms with Crippen molar-refractivity contribution in [3.05, 3.63) is 33.3 Å². The zero-order chi connectivity index (χ0) is 12.8. The van der Waals surface area contributed by atoms with E-state index in [1.807, 2.05) is 26.0 Å². The average Bonchev–Trinajstić information content (AvgIpc) is 2.69. The number of hydrogen-bond donors (Lipinski definition) is 0. The molecule has 0 aliphatic heterocycles. The van der Waals surface area contributed by atoms with Gasteiger partial charge < -0.3 is 4.57 Å². The van der Waals surface area contributed by atoms with Crippen molar-refractivity contribution in [1.82, 2.24) is 14.3 Å². The topological polar surface area (TPSA) is 22.8 Å². The first kappa shape index (κ1) is 12.5. The van der Waals surface area contributed by atoms with Crippen LogP contribution in [0.15, 0.2) is 18.2 Å². The summed E-state index contributed by atoms with van der Waals surface area (Å²) in [5.41, 5.74) is 1.71. The van der Waals surface area contributed by atoms with Gasteiger partial charge in [-0.05, 0) is 48.6 Å². The van der Waals surface area contributed by atoms with Crippen LogP contribution in [0.25, 0.3) is 5.82 Å². The van der Waals surface area contributed by atoms with Gasteiger partial charge in [0.15, 0.2) is 5.82 Å². The molecule has 0 N–H and O–H groups in total. The second-order valence-electron chi connectivity index (χ2n) is 3.66. The van der Waals surface area contributed by atoms with Gasteiger partial charge in [-0.2, -0.15) is 4.68 Å². The van der Waals surface area contributed by atoms with E-state index in [-0.39, 0.29) is 14.2 Å². The minimum atomic E-state index is -4.48. The summed E-state index contributed by atoms with van der Waals surface area (Å²) in [6.45, 7) is 3.65. The second kappa shape index (κ2) is 4.04. The summed E-state index contributed by atoms with van der Waals surface area (Å²) in [6.07, 6.45) is -4.48. The molecule has 3 nitrogen and oxygen atoms in total. The van der Waals surface area contributed by atoms with E-state index in [9.17, 15) is 13.2 Å². The molecule has 0 saturated carbocycles. The van der Waals surface area contributed by atoms with E-state index in [0.717, 1.165) is 11.4 Å². The highest BCUT2D eigenvalue weighted by atomic mass is 127. The Labute approximate surface area is 109 Å². The Morgan fingerprint density at radius 3 is 2.12 bits per heavy atom. The quantitative estimate of drug-likeness (QED) is 0.720. The summed E-state index contributed by atoms with van der Waals surface area (Å²) in [4.78, 5) is 0. The number of aromatic nitrogens is 3. The normalized spacial score (nSPS) is 12.1. The number of halogens is 4. The first-order valence-corrected chi connectivity index (χ1v) is 5.86. The summed E-state index contributed by atoms with van der Waals surface area (Å²) >= 11 is 1.62. The molecule has 0 bridgehead atoms. The number of nitrogens with zero attached hydrogens (tertiary/aromatic N) is 3. The van der Waals surface area contributed by atoms with Crippen LogP contribution in [0.5, 0.6) is 0 Å². The highest BCUT2D eigenvalue weighted by molar-refractivity contribution is 14.1. The number of rotatable bonds is 1. The van der Waals surface area contributed by atoms with E-state index in [0.29, 0.717) is 0 Å². The van der Waals surface area contributed by atoms with Crippen molar-refractivity contribution in [2.75, 3.05) is 0 Å². The van der Waals surface area contributed by atoms with E-state index in [1.54, 1.807) is 27.2 Å². The first-order chi connectivity index (χ1) is 7.80. The molecule has 0 aliphatic carbocycles. The van der Waals surface area contributed by atoms with E-state index >= 15 is 0 Å². The summed E-state index contributed by atoms with van der Waals surface area (Å²) in [6, 6.07) is 5.09. The van der Waals surface area contributed by atoms with Crippen LogP contribution in [0.3, 0.4) is 0 Å². The van der Waals surface area contributed by atoms with Crippen LogP contribution in [0, 0.1) is 17.5 Å². The molecule has 2 heterocycles. The summed E-state index contributed by atoms with van der Waals surface area (Å²) < 4.78 is 39.6. The van der Waals surface area contributed by atoms with Crippen molar-refractivity contribution in [2.45, 2.75) is 20.1 Å². The van der Waals surface area contributed by atoms with Crippen LogP contribution in [-0.4, -0.2) is 14.3 Å². The Morgan fingerprint density at radius 1 is 1.18 bits per heavy atom. The predicted octanol–water partition coefficient (Wildman–Crippen LogP) is 3.37. The molecule has 2 aromatic rings. The zero-order valence-corrected chi connectivity index (χ0v) is 11.2. The molecule has 17 heavy (non-hydrogen) atoms. The van der Waals surface area contributed by atoms with Crippen LogP contribution in [0.4, 0.5) is 13.2 Å². The highest BCUT2D eigenvalue weighted by Crippen LogP contribution is 2.26. The molecule has 0 saturated heterocycles. The Hall–Kier alpha value is -0.990. The number of hydrogen-bond acceptors (Lipinski definition) is 1. The first-order valence-electron chi connectivity index (χ1n) is 4.79. The van der Waals surface area contributed by atoms with Crippen molar-refractivity contribution in [3.8, 4) is 5.82 Å². The molecule has 0 radical (unpaired) electrons. The number of aryl methyl sites for hydroxylation is 2. The maximum atomic E-state index is 12.6. The largest absolute Gasteiger partial charge is 0.505 e. The van der Waals surface area contributed by atoms with E-state index < -0.39 is 6.30 Å². The van der Waals surface area contributed by atoms with Crippen molar-refractivity contribution in [3.63, 3.8) is 0 Å². The molecule has 7 heteroatoms. The fraction of sp³-hybridized carbons (Fsp3) is 0.300. The Morgan fingerprint density at radius 2 is 1.71 bits per heavy atom. The SMILES string of the molecule is Cc1ccc(C)n1-c1cc(I)n(C(F)(F)F)n1. The zero-order valence-electron chi connectivity index (χ0n) is 9.09. The lowest BCUT2D eigenvalue weighted by Crippen LogP contribution is -2.20. The molecule has 0 aromatic carbocycles. The second-order valence-corrected chi connectivity index (χ2v) is 4.76. The average molecular weight is 355 g/mol. The molecule has 2 aromatic heterocycles. The smallest absolute Gasteiger partial charge is 0.302 e. The summed E-state index contributed by atoms with van der Waals surface area (Å²) in [5, 5.41) is 3.59. The maximum Gasteiger partial charge on any atom is 0.505 e. The Kier molecular flexibility index (Phi) is 2.96. The van der Waals surface area contributed by atoms with E-state index in [4.69, 9.17) is 0 Å². The molecular formula is C10H9F3IN3. The molecule has 92 valence electrons. The van der Waals surface area contributed by atoms with Gasteiger partial charge in [-0.15, -0.1) is 18.3 Å². The van der Waals surface area contributed by atoms with Crippen molar-refractivity contribution < 1.29 is 13.2 Å². The third kappa shape index (κ3) is 2.20. The van der Waals surface area contributed by atoms with Crippen molar-refractivity contribution in [1.29, 1.82) is 0 Å². The molecule has 0 spiro atoms. The van der Waals surface area contributed by atoms with Crippen LogP contribution in [0.2, 0.25) is 0 Å². The van der Waals surface area contributed by atoms with Gasteiger partial charge in [0.25, 0.3) is 0 Å². The lowest BCUT2D eigenvalue weighted by atomic mass is 10.5. The van der Waals surface area contributed by atoms with Gasteiger partial charge >= 0.3 is 6.30 Å². The fourth-order valence-electron chi connectivity index (χ4n) is 1.66. The van der Waals surface area contributed by atoms with Gasteiger partial charge in [-0.25, -0.2) is 0 Å². The van der Waals surface area contributed by atoms with Crippen LogP contribution >= 0.6 is 22.6 Å². The van der Waals surface area contributed by atoms with Gasteiger partial charge in [0, 0.05) is 17.5 Å². The monoisotopic (exact) mass is 355 g/mol. The third-order valence-electron chi connectivity index (χ3n) is 2.39. The van der Waals surface area contributed by atoms with Gasteiger partial charge in [0.05, 0.1) is 0 Å². The highest BCUT2D eigenvalue weighted by Gasteiger charge is 2.34. The fourth-order valence-corrected chi connectivity index (χ4v) is 2.32. The van der Waals surface area contributed by atoms with Crippen LogP contribution < -0.4 is 0 Å². The van der Waals surface area contributed by atoms with Gasteiger partial charge in [-0.1, -0.05) is 0 Å². The molecule has 0 aliphatic rings. The molecule has 0 atom stereocenters. The van der Waals surface area contributed by atoms with E-state index in [2.05, 4.69) is 5.10 Å². The molecule has 0 fully saturated rings. The minimum absolute atomic E-state index is 0.0394. The lowest BCUT2D eigenvalue weighted by molar-refractivity contribution is -0.214. The lowest BCUT2D eigenvalue weighted by Gasteiger charge is -2.07. The van der Waals surface area contributed by atoms with Crippen LogP contribution in [0.1, 0.15) is 11.4 Å². The van der Waals surface area contributed by atoms with Gasteiger partial charge in [0.1, 0.15) is 3.70 Å². The molecule has 2 rings (SSSR count). The van der Waals surface area contributed by atoms with Crippen molar-refractivity contribution in [2.24, 2.45) is 0 Å². The molecule has 0 unspecified atom stereocenters. The number of alkyl halides is 3. The predicted molar refractivity (Wildman–Crippen MR) is 65.0 cm³/mol. The van der Waals surface area contributed by atoms with Gasteiger partial charge in [-0.3, -0.25) is 0 Å². The van der Waals surface area contributed by atoms with E-state index in [1.165, 1.54) is 6.07 Å². The Balaban J connectivity index is 2.56. The summed E-state index contributed by atoms with van der Waals surface area (Å²) in [7, 11) is 0.